The molecule has 17 heavy (non-hydrogen) atoms. The fourth-order valence-corrected chi connectivity index (χ4v) is 2.59. The fourth-order valence-electron chi connectivity index (χ4n) is 1.96. The van der Waals surface area contributed by atoms with Gasteiger partial charge in [-0.25, -0.2) is 5.43 Å². The van der Waals surface area contributed by atoms with Gasteiger partial charge in [-0.3, -0.25) is 5.84 Å². The van der Waals surface area contributed by atoms with Gasteiger partial charge in [0.2, 0.25) is 0 Å². The van der Waals surface area contributed by atoms with Crippen LogP contribution in [0.25, 0.3) is 0 Å². The lowest BCUT2D eigenvalue weighted by Crippen LogP contribution is -2.28. The van der Waals surface area contributed by atoms with Gasteiger partial charge in [-0.1, -0.05) is 52.3 Å². The molecule has 0 bridgehead atoms. The van der Waals surface area contributed by atoms with Gasteiger partial charge in [0.15, 0.2) is 0 Å². The molecule has 2 rings (SSSR count). The zero-order valence-electron chi connectivity index (χ0n) is 9.65. The van der Waals surface area contributed by atoms with E-state index >= 15 is 0 Å². The summed E-state index contributed by atoms with van der Waals surface area (Å²) in [6.45, 7) is 2.08. The second-order valence-electron chi connectivity index (χ2n) is 4.07. The minimum absolute atomic E-state index is 0.0207. The van der Waals surface area contributed by atoms with E-state index in [1.54, 1.807) is 0 Å². The van der Waals surface area contributed by atoms with Crippen LogP contribution in [0, 0.1) is 6.92 Å². The number of nitrogens with two attached hydrogens (primary N) is 1. The van der Waals surface area contributed by atoms with Crippen molar-refractivity contribution in [3.8, 4) is 0 Å². The smallest absolute Gasteiger partial charge is 0.0710 e. The molecular weight excluding hydrogens is 276 g/mol. The lowest BCUT2D eigenvalue weighted by atomic mass is 9.98. The topological polar surface area (TPSA) is 38.0 Å². The summed E-state index contributed by atoms with van der Waals surface area (Å²) in [6.07, 6.45) is 0. The second kappa shape index (κ2) is 5.45. The highest BCUT2D eigenvalue weighted by molar-refractivity contribution is 9.10. The Kier molecular flexibility index (Phi) is 3.94. The summed E-state index contributed by atoms with van der Waals surface area (Å²) in [7, 11) is 0. The number of hydrogen-bond acceptors (Lipinski definition) is 2. The molecule has 0 aliphatic heterocycles. The van der Waals surface area contributed by atoms with Crippen LogP contribution in [-0.2, 0) is 0 Å². The molecule has 0 radical (unpaired) electrons. The van der Waals surface area contributed by atoms with E-state index in [1.165, 1.54) is 5.56 Å². The molecule has 2 nitrogen and oxygen atoms in total. The highest BCUT2D eigenvalue weighted by Gasteiger charge is 2.12. The molecule has 1 unspecified atom stereocenters. The maximum Gasteiger partial charge on any atom is 0.0710 e. The molecule has 0 saturated heterocycles. The van der Waals surface area contributed by atoms with Gasteiger partial charge in [0, 0.05) is 4.47 Å². The lowest BCUT2D eigenvalue weighted by molar-refractivity contribution is 0.636. The summed E-state index contributed by atoms with van der Waals surface area (Å²) in [4.78, 5) is 0. The van der Waals surface area contributed by atoms with Gasteiger partial charge in [0.25, 0.3) is 0 Å². The van der Waals surface area contributed by atoms with Crippen molar-refractivity contribution in [2.45, 2.75) is 13.0 Å². The fraction of sp³-hybridized carbons (Fsp3) is 0.143. The van der Waals surface area contributed by atoms with Crippen molar-refractivity contribution in [2.75, 3.05) is 0 Å². The molecular formula is C14H15BrN2. The van der Waals surface area contributed by atoms with Crippen LogP contribution in [0.1, 0.15) is 22.7 Å². The molecule has 3 N–H and O–H groups in total. The molecule has 0 aromatic heterocycles. The summed E-state index contributed by atoms with van der Waals surface area (Å²) >= 11 is 3.51. The Bertz CT molecular complexity index is 477. The third-order valence-electron chi connectivity index (χ3n) is 2.70. The Labute approximate surface area is 110 Å². The Hall–Kier alpha value is -1.16. The van der Waals surface area contributed by atoms with Gasteiger partial charge >= 0.3 is 0 Å². The van der Waals surface area contributed by atoms with Crippen LogP contribution in [0.15, 0.2) is 53.0 Å². The first kappa shape index (κ1) is 12.3. The van der Waals surface area contributed by atoms with Gasteiger partial charge in [0.1, 0.15) is 0 Å². The van der Waals surface area contributed by atoms with Crippen LogP contribution in [0.3, 0.4) is 0 Å². The predicted octanol–water partition coefficient (Wildman–Crippen LogP) is 3.31. The summed E-state index contributed by atoms with van der Waals surface area (Å²) in [5.41, 5.74) is 6.40. The van der Waals surface area contributed by atoms with E-state index in [1.807, 2.05) is 18.2 Å². The van der Waals surface area contributed by atoms with E-state index in [-0.39, 0.29) is 6.04 Å². The van der Waals surface area contributed by atoms with Crippen molar-refractivity contribution in [1.82, 2.24) is 5.43 Å². The van der Waals surface area contributed by atoms with Crippen molar-refractivity contribution in [3.05, 3.63) is 69.7 Å². The maximum absolute atomic E-state index is 5.67. The molecule has 0 amide bonds. The third-order valence-corrected chi connectivity index (χ3v) is 3.16. The number of nitrogens with one attached hydrogen (secondary N) is 1. The van der Waals surface area contributed by atoms with Crippen LogP contribution in [0.5, 0.6) is 0 Å². The normalized spacial score (nSPS) is 12.4. The molecule has 0 aliphatic carbocycles. The molecule has 0 heterocycles. The predicted molar refractivity (Wildman–Crippen MR) is 74.5 cm³/mol. The molecule has 0 saturated carbocycles. The third kappa shape index (κ3) is 2.94. The molecule has 1 atom stereocenters. The highest BCUT2D eigenvalue weighted by atomic mass is 79.9. The van der Waals surface area contributed by atoms with Crippen molar-refractivity contribution in [1.29, 1.82) is 0 Å². The zero-order chi connectivity index (χ0) is 12.3. The average molecular weight is 291 g/mol. The number of halogens is 1. The summed E-state index contributed by atoms with van der Waals surface area (Å²) < 4.78 is 1.07. The van der Waals surface area contributed by atoms with Crippen LogP contribution in [0.2, 0.25) is 0 Å². The molecule has 3 heteroatoms. The van der Waals surface area contributed by atoms with E-state index in [0.29, 0.717) is 0 Å². The van der Waals surface area contributed by atoms with Crippen LogP contribution in [0.4, 0.5) is 0 Å². The standard InChI is InChI=1S/C14H15BrN2/c1-10-7-12(9-13(15)8-10)14(17-16)11-5-3-2-4-6-11/h2-9,14,17H,16H2,1H3. The molecule has 0 fully saturated rings. The van der Waals surface area contributed by atoms with E-state index in [2.05, 4.69) is 58.6 Å². The molecule has 0 aliphatic rings. The Morgan fingerprint density at radius 1 is 1.06 bits per heavy atom. The maximum atomic E-state index is 5.67. The molecule has 2 aromatic carbocycles. The van der Waals surface area contributed by atoms with Crippen molar-refractivity contribution in [3.63, 3.8) is 0 Å². The summed E-state index contributed by atoms with van der Waals surface area (Å²) in [6, 6.07) is 16.5. The van der Waals surface area contributed by atoms with Crippen LogP contribution >= 0.6 is 15.9 Å². The largest absolute Gasteiger partial charge is 0.271 e. The van der Waals surface area contributed by atoms with Gasteiger partial charge in [-0.15, -0.1) is 0 Å². The van der Waals surface area contributed by atoms with Crippen molar-refractivity contribution < 1.29 is 0 Å². The quantitative estimate of drug-likeness (QED) is 0.672. The van der Waals surface area contributed by atoms with E-state index in [4.69, 9.17) is 5.84 Å². The van der Waals surface area contributed by atoms with Gasteiger partial charge < -0.3 is 0 Å². The van der Waals surface area contributed by atoms with Crippen molar-refractivity contribution in [2.24, 2.45) is 5.84 Å². The molecule has 2 aromatic rings. The number of benzene rings is 2. The first-order valence-corrected chi connectivity index (χ1v) is 6.28. The second-order valence-corrected chi connectivity index (χ2v) is 4.99. The van der Waals surface area contributed by atoms with Crippen LogP contribution in [-0.4, -0.2) is 0 Å². The zero-order valence-corrected chi connectivity index (χ0v) is 11.2. The lowest BCUT2D eigenvalue weighted by Gasteiger charge is -2.17. The minimum Gasteiger partial charge on any atom is -0.271 e. The van der Waals surface area contributed by atoms with Gasteiger partial charge in [-0.05, 0) is 35.7 Å². The Morgan fingerprint density at radius 3 is 2.35 bits per heavy atom. The van der Waals surface area contributed by atoms with Crippen molar-refractivity contribution >= 4 is 15.9 Å². The number of aryl methyl sites for hydroxylation is 1. The van der Waals surface area contributed by atoms with Gasteiger partial charge in [-0.2, -0.15) is 0 Å². The summed E-state index contributed by atoms with van der Waals surface area (Å²) in [5, 5.41) is 0. The van der Waals surface area contributed by atoms with E-state index in [0.717, 1.165) is 15.6 Å². The number of hydrazine groups is 1. The van der Waals surface area contributed by atoms with E-state index < -0.39 is 0 Å². The molecule has 88 valence electrons. The number of hydrogen-bond donors (Lipinski definition) is 2. The highest BCUT2D eigenvalue weighted by Crippen LogP contribution is 2.25. The first-order valence-electron chi connectivity index (χ1n) is 5.49. The first-order chi connectivity index (χ1) is 8.20. The SMILES string of the molecule is Cc1cc(Br)cc(C(NN)c2ccccc2)c1. The van der Waals surface area contributed by atoms with Gasteiger partial charge in [0.05, 0.1) is 6.04 Å². The number of rotatable bonds is 3. The Morgan fingerprint density at radius 2 is 1.76 bits per heavy atom. The van der Waals surface area contributed by atoms with E-state index in [9.17, 15) is 0 Å². The summed E-state index contributed by atoms with van der Waals surface area (Å²) in [5.74, 6) is 5.67. The monoisotopic (exact) mass is 290 g/mol. The average Bonchev–Trinajstić information content (AvgIpc) is 2.30. The van der Waals surface area contributed by atoms with Crippen LogP contribution < -0.4 is 11.3 Å². The molecule has 0 spiro atoms. The Balaban J connectivity index is 2.42. The minimum atomic E-state index is 0.0207.